The van der Waals surface area contributed by atoms with Gasteiger partial charge >= 0.3 is 0 Å². The van der Waals surface area contributed by atoms with E-state index < -0.39 is 0 Å². The molecule has 0 aliphatic heterocycles. The van der Waals surface area contributed by atoms with Crippen LogP contribution in [0.1, 0.15) is 18.9 Å². The molecular weight excluding hydrogens is 212 g/mol. The van der Waals surface area contributed by atoms with E-state index in [1.165, 1.54) is 0 Å². The molecule has 0 fully saturated rings. The highest BCUT2D eigenvalue weighted by atomic mass is 16.3. The molecule has 2 nitrogen and oxygen atoms in total. The van der Waals surface area contributed by atoms with Crippen molar-refractivity contribution >= 4 is 0 Å². The fourth-order valence-corrected chi connectivity index (χ4v) is 1.97. The van der Waals surface area contributed by atoms with E-state index in [1.807, 2.05) is 37.3 Å². The normalized spacial score (nSPS) is 10.4. The van der Waals surface area contributed by atoms with Crippen molar-refractivity contribution in [3.63, 3.8) is 0 Å². The van der Waals surface area contributed by atoms with Crippen LogP contribution < -0.4 is 0 Å². The van der Waals surface area contributed by atoms with Crippen LogP contribution in [0.4, 0.5) is 0 Å². The highest BCUT2D eigenvalue weighted by molar-refractivity contribution is 5.73. The fourth-order valence-electron chi connectivity index (χ4n) is 1.97. The van der Waals surface area contributed by atoms with Crippen LogP contribution >= 0.6 is 0 Å². The summed E-state index contributed by atoms with van der Waals surface area (Å²) in [6.07, 6.45) is 1.57. The zero-order valence-corrected chi connectivity index (χ0v) is 9.85. The average molecular weight is 228 g/mol. The molecule has 0 spiro atoms. The highest BCUT2D eigenvalue weighted by Crippen LogP contribution is 2.37. The summed E-state index contributed by atoms with van der Waals surface area (Å²) in [6, 6.07) is 13.1. The largest absolute Gasteiger partial charge is 0.508 e. The SMILES string of the molecule is CCCc1c(O)ccc(-c2ccccc2)c1O. The lowest BCUT2D eigenvalue weighted by Crippen LogP contribution is -1.89. The molecule has 0 saturated heterocycles. The molecule has 2 rings (SSSR count). The Balaban J connectivity index is 2.53. The third-order valence-corrected chi connectivity index (χ3v) is 2.84. The quantitative estimate of drug-likeness (QED) is 0.840. The van der Waals surface area contributed by atoms with Crippen molar-refractivity contribution in [2.24, 2.45) is 0 Å². The van der Waals surface area contributed by atoms with Gasteiger partial charge in [0.15, 0.2) is 0 Å². The number of hydrogen-bond donors (Lipinski definition) is 2. The predicted molar refractivity (Wildman–Crippen MR) is 69.2 cm³/mol. The van der Waals surface area contributed by atoms with Gasteiger partial charge in [0.2, 0.25) is 0 Å². The second-order valence-electron chi connectivity index (χ2n) is 4.08. The second kappa shape index (κ2) is 4.91. The molecule has 17 heavy (non-hydrogen) atoms. The van der Waals surface area contributed by atoms with Gasteiger partial charge in [-0.2, -0.15) is 0 Å². The molecule has 0 saturated carbocycles. The Morgan fingerprint density at radius 3 is 2.29 bits per heavy atom. The number of phenols is 2. The van der Waals surface area contributed by atoms with E-state index in [4.69, 9.17) is 0 Å². The molecule has 0 aliphatic rings. The molecule has 0 aromatic heterocycles. The van der Waals surface area contributed by atoms with Crippen molar-refractivity contribution < 1.29 is 10.2 Å². The van der Waals surface area contributed by atoms with Gasteiger partial charge in [0, 0.05) is 11.1 Å². The fraction of sp³-hybridized carbons (Fsp3) is 0.200. The van der Waals surface area contributed by atoms with Gasteiger partial charge in [-0.3, -0.25) is 0 Å². The van der Waals surface area contributed by atoms with Crippen molar-refractivity contribution in [1.29, 1.82) is 0 Å². The van der Waals surface area contributed by atoms with Crippen molar-refractivity contribution in [2.75, 3.05) is 0 Å². The Kier molecular flexibility index (Phi) is 3.33. The van der Waals surface area contributed by atoms with Crippen molar-refractivity contribution in [2.45, 2.75) is 19.8 Å². The third-order valence-electron chi connectivity index (χ3n) is 2.84. The van der Waals surface area contributed by atoms with Gasteiger partial charge in [0.25, 0.3) is 0 Å². The van der Waals surface area contributed by atoms with Crippen LogP contribution in [0.3, 0.4) is 0 Å². The van der Waals surface area contributed by atoms with Gasteiger partial charge in [-0.05, 0) is 24.1 Å². The minimum atomic E-state index is 0.170. The van der Waals surface area contributed by atoms with Crippen LogP contribution in [-0.2, 0) is 6.42 Å². The number of phenolic OH excluding ortho intramolecular Hbond substituents is 2. The Morgan fingerprint density at radius 1 is 0.941 bits per heavy atom. The number of rotatable bonds is 3. The summed E-state index contributed by atoms with van der Waals surface area (Å²) < 4.78 is 0. The average Bonchev–Trinajstić information content (AvgIpc) is 2.36. The first-order valence-corrected chi connectivity index (χ1v) is 5.83. The molecule has 88 valence electrons. The van der Waals surface area contributed by atoms with E-state index in [0.717, 1.165) is 17.5 Å². The number of aromatic hydroxyl groups is 2. The smallest absolute Gasteiger partial charge is 0.130 e. The first kappa shape index (κ1) is 11.5. The summed E-state index contributed by atoms with van der Waals surface area (Å²) in [6.45, 7) is 2.02. The maximum Gasteiger partial charge on any atom is 0.130 e. The van der Waals surface area contributed by atoms with E-state index in [2.05, 4.69) is 0 Å². The van der Waals surface area contributed by atoms with Gasteiger partial charge < -0.3 is 10.2 Å². The van der Waals surface area contributed by atoms with Crippen LogP contribution in [0.15, 0.2) is 42.5 Å². The van der Waals surface area contributed by atoms with Gasteiger partial charge in [-0.15, -0.1) is 0 Å². The monoisotopic (exact) mass is 228 g/mol. The molecule has 0 bridgehead atoms. The van der Waals surface area contributed by atoms with E-state index in [9.17, 15) is 10.2 Å². The molecular formula is C15H16O2. The first-order valence-electron chi connectivity index (χ1n) is 5.83. The molecule has 0 atom stereocenters. The molecule has 2 aromatic rings. The Bertz CT molecular complexity index is 504. The molecule has 0 heterocycles. The number of benzene rings is 2. The zero-order valence-electron chi connectivity index (χ0n) is 9.85. The lowest BCUT2D eigenvalue weighted by atomic mass is 9.98. The molecule has 2 N–H and O–H groups in total. The maximum absolute atomic E-state index is 10.2. The molecule has 0 radical (unpaired) electrons. The minimum absolute atomic E-state index is 0.170. The number of hydrogen-bond acceptors (Lipinski definition) is 2. The third kappa shape index (κ3) is 2.26. The van der Waals surface area contributed by atoms with Gasteiger partial charge in [0.1, 0.15) is 11.5 Å². The lowest BCUT2D eigenvalue weighted by molar-refractivity contribution is 0.439. The van der Waals surface area contributed by atoms with Gasteiger partial charge in [0.05, 0.1) is 0 Å². The van der Waals surface area contributed by atoms with Crippen LogP contribution in [0.25, 0.3) is 11.1 Å². The summed E-state index contributed by atoms with van der Waals surface area (Å²) in [7, 11) is 0. The van der Waals surface area contributed by atoms with E-state index >= 15 is 0 Å². The summed E-state index contributed by atoms with van der Waals surface area (Å²) in [5, 5.41) is 19.9. The van der Waals surface area contributed by atoms with Crippen LogP contribution in [-0.4, -0.2) is 10.2 Å². The van der Waals surface area contributed by atoms with Crippen molar-refractivity contribution in [1.82, 2.24) is 0 Å². The molecule has 2 aromatic carbocycles. The molecule has 2 heteroatoms. The van der Waals surface area contributed by atoms with Crippen molar-refractivity contribution in [3.05, 3.63) is 48.0 Å². The standard InChI is InChI=1S/C15H16O2/c1-2-6-13-14(16)10-9-12(15(13)17)11-7-4-3-5-8-11/h3-5,7-10,16-17H,2,6H2,1H3. The van der Waals surface area contributed by atoms with Crippen LogP contribution in [0, 0.1) is 0 Å². The van der Waals surface area contributed by atoms with E-state index in [1.54, 1.807) is 12.1 Å². The minimum Gasteiger partial charge on any atom is -0.508 e. The summed E-state index contributed by atoms with van der Waals surface area (Å²) in [5.74, 6) is 0.363. The Hall–Kier alpha value is -1.96. The molecule has 0 unspecified atom stereocenters. The van der Waals surface area contributed by atoms with E-state index in [0.29, 0.717) is 12.0 Å². The summed E-state index contributed by atoms with van der Waals surface area (Å²) >= 11 is 0. The Morgan fingerprint density at radius 2 is 1.65 bits per heavy atom. The highest BCUT2D eigenvalue weighted by Gasteiger charge is 2.12. The van der Waals surface area contributed by atoms with Gasteiger partial charge in [-0.1, -0.05) is 43.7 Å². The summed E-state index contributed by atoms with van der Waals surface area (Å²) in [5.41, 5.74) is 2.36. The Labute approximate surface area is 101 Å². The van der Waals surface area contributed by atoms with Crippen molar-refractivity contribution in [3.8, 4) is 22.6 Å². The lowest BCUT2D eigenvalue weighted by Gasteiger charge is -2.11. The maximum atomic E-state index is 10.2. The van der Waals surface area contributed by atoms with Crippen LogP contribution in [0.2, 0.25) is 0 Å². The summed E-state index contributed by atoms with van der Waals surface area (Å²) in [4.78, 5) is 0. The van der Waals surface area contributed by atoms with E-state index in [-0.39, 0.29) is 11.5 Å². The topological polar surface area (TPSA) is 40.5 Å². The van der Waals surface area contributed by atoms with Gasteiger partial charge in [-0.25, -0.2) is 0 Å². The van der Waals surface area contributed by atoms with Crippen LogP contribution in [0.5, 0.6) is 11.5 Å². The predicted octanol–water partition coefficient (Wildman–Crippen LogP) is 3.72. The zero-order chi connectivity index (χ0) is 12.3. The molecule has 0 amide bonds. The second-order valence-corrected chi connectivity index (χ2v) is 4.08. The molecule has 0 aliphatic carbocycles. The first-order chi connectivity index (χ1) is 8.24.